The first kappa shape index (κ1) is 16.5. The standard InChI is InChI=1S/C18H20N2O3/c1-11-8-12(2)10-14(9-11)23-13(3)18(22)20-16-7-5-4-6-15(16)17(19)21/h4-10,13H,1-3H3,(H2,19,21)(H,20,22)/t13-/m1/s1. The van der Waals surface area contributed by atoms with E-state index in [-0.39, 0.29) is 11.5 Å². The fraction of sp³-hybridized carbons (Fsp3) is 0.222. The summed E-state index contributed by atoms with van der Waals surface area (Å²) in [6, 6.07) is 12.4. The van der Waals surface area contributed by atoms with E-state index in [2.05, 4.69) is 5.32 Å². The molecule has 5 heteroatoms. The first-order valence-electron chi connectivity index (χ1n) is 7.31. The van der Waals surface area contributed by atoms with Gasteiger partial charge < -0.3 is 15.8 Å². The second-order valence-electron chi connectivity index (χ2n) is 5.48. The summed E-state index contributed by atoms with van der Waals surface area (Å²) in [5.74, 6) is -0.310. The Morgan fingerprint density at radius 3 is 2.30 bits per heavy atom. The van der Waals surface area contributed by atoms with Crippen molar-refractivity contribution in [2.45, 2.75) is 26.9 Å². The Bertz CT molecular complexity index is 721. The lowest BCUT2D eigenvalue weighted by Gasteiger charge is -2.16. The van der Waals surface area contributed by atoms with Gasteiger partial charge in [0, 0.05) is 0 Å². The van der Waals surface area contributed by atoms with E-state index >= 15 is 0 Å². The van der Waals surface area contributed by atoms with Crippen molar-refractivity contribution in [2.75, 3.05) is 5.32 Å². The molecule has 2 amide bonds. The van der Waals surface area contributed by atoms with E-state index < -0.39 is 12.0 Å². The van der Waals surface area contributed by atoms with Gasteiger partial charge in [-0.2, -0.15) is 0 Å². The summed E-state index contributed by atoms with van der Waals surface area (Å²) in [4.78, 5) is 23.7. The number of ether oxygens (including phenoxy) is 1. The molecular weight excluding hydrogens is 292 g/mol. The molecule has 0 fully saturated rings. The second kappa shape index (κ2) is 6.96. The van der Waals surface area contributed by atoms with Gasteiger partial charge in [-0.1, -0.05) is 18.2 Å². The SMILES string of the molecule is Cc1cc(C)cc(O[C@H](C)C(=O)Nc2ccccc2C(N)=O)c1. The summed E-state index contributed by atoms with van der Waals surface area (Å²) >= 11 is 0. The van der Waals surface area contributed by atoms with Gasteiger partial charge >= 0.3 is 0 Å². The van der Waals surface area contributed by atoms with Crippen molar-refractivity contribution in [3.8, 4) is 5.75 Å². The van der Waals surface area contributed by atoms with E-state index in [0.29, 0.717) is 11.4 Å². The first-order chi connectivity index (χ1) is 10.9. The number of carbonyl (C=O) groups is 2. The van der Waals surface area contributed by atoms with Crippen LogP contribution in [0.25, 0.3) is 0 Å². The summed E-state index contributed by atoms with van der Waals surface area (Å²) in [6.45, 7) is 5.58. The topological polar surface area (TPSA) is 81.4 Å². The Labute approximate surface area is 135 Å². The van der Waals surface area contributed by atoms with Crippen LogP contribution in [0.4, 0.5) is 5.69 Å². The van der Waals surface area contributed by atoms with Crippen LogP contribution in [0.1, 0.15) is 28.4 Å². The predicted molar refractivity (Wildman–Crippen MR) is 89.6 cm³/mol. The van der Waals surface area contributed by atoms with Crippen molar-refractivity contribution in [3.05, 3.63) is 59.2 Å². The molecular formula is C18H20N2O3. The second-order valence-corrected chi connectivity index (χ2v) is 5.48. The number of anilines is 1. The van der Waals surface area contributed by atoms with Crippen molar-refractivity contribution < 1.29 is 14.3 Å². The third kappa shape index (κ3) is 4.32. The van der Waals surface area contributed by atoms with E-state index in [1.54, 1.807) is 31.2 Å². The molecule has 0 aliphatic rings. The van der Waals surface area contributed by atoms with Gasteiger partial charge in [-0.25, -0.2) is 0 Å². The molecule has 2 aromatic carbocycles. The van der Waals surface area contributed by atoms with E-state index in [9.17, 15) is 9.59 Å². The van der Waals surface area contributed by atoms with Gasteiger partial charge in [0.05, 0.1) is 11.3 Å². The lowest BCUT2D eigenvalue weighted by atomic mass is 10.1. The third-order valence-corrected chi connectivity index (χ3v) is 3.33. The fourth-order valence-electron chi connectivity index (χ4n) is 2.30. The Morgan fingerprint density at radius 1 is 1.09 bits per heavy atom. The molecule has 1 atom stereocenters. The monoisotopic (exact) mass is 312 g/mol. The number of nitrogens with one attached hydrogen (secondary N) is 1. The van der Waals surface area contributed by atoms with Crippen LogP contribution in [-0.2, 0) is 4.79 Å². The molecule has 0 spiro atoms. The highest BCUT2D eigenvalue weighted by molar-refractivity contribution is 6.03. The number of nitrogens with two attached hydrogens (primary N) is 1. The Hall–Kier alpha value is -2.82. The maximum atomic E-state index is 12.3. The van der Waals surface area contributed by atoms with Crippen molar-refractivity contribution in [1.29, 1.82) is 0 Å². The highest BCUT2D eigenvalue weighted by Gasteiger charge is 2.17. The highest BCUT2D eigenvalue weighted by atomic mass is 16.5. The lowest BCUT2D eigenvalue weighted by Crippen LogP contribution is -2.31. The zero-order valence-corrected chi connectivity index (χ0v) is 13.4. The average molecular weight is 312 g/mol. The van der Waals surface area contributed by atoms with Crippen LogP contribution in [0, 0.1) is 13.8 Å². The molecule has 0 unspecified atom stereocenters. The van der Waals surface area contributed by atoms with Crippen LogP contribution in [0.2, 0.25) is 0 Å². The van der Waals surface area contributed by atoms with Crippen molar-refractivity contribution in [1.82, 2.24) is 0 Å². The molecule has 2 rings (SSSR count). The zero-order valence-electron chi connectivity index (χ0n) is 13.4. The Balaban J connectivity index is 2.10. The minimum Gasteiger partial charge on any atom is -0.481 e. The van der Waals surface area contributed by atoms with E-state index in [1.165, 1.54) is 0 Å². The molecule has 0 heterocycles. The van der Waals surface area contributed by atoms with Gasteiger partial charge in [0.15, 0.2) is 6.10 Å². The quantitative estimate of drug-likeness (QED) is 0.890. The van der Waals surface area contributed by atoms with Gasteiger partial charge in [-0.3, -0.25) is 9.59 Å². The molecule has 0 bridgehead atoms. The summed E-state index contributed by atoms with van der Waals surface area (Å²) in [5.41, 5.74) is 8.06. The lowest BCUT2D eigenvalue weighted by molar-refractivity contribution is -0.122. The molecule has 120 valence electrons. The summed E-state index contributed by atoms with van der Waals surface area (Å²) in [6.07, 6.45) is -0.711. The Kier molecular flexibility index (Phi) is 5.01. The summed E-state index contributed by atoms with van der Waals surface area (Å²) in [7, 11) is 0. The van der Waals surface area contributed by atoms with E-state index in [4.69, 9.17) is 10.5 Å². The molecule has 0 saturated heterocycles. The zero-order chi connectivity index (χ0) is 17.0. The van der Waals surface area contributed by atoms with Crippen molar-refractivity contribution >= 4 is 17.5 Å². The van der Waals surface area contributed by atoms with Crippen LogP contribution in [-0.4, -0.2) is 17.9 Å². The number of rotatable bonds is 5. The maximum Gasteiger partial charge on any atom is 0.265 e. The van der Waals surface area contributed by atoms with Crippen LogP contribution >= 0.6 is 0 Å². The average Bonchev–Trinajstić information content (AvgIpc) is 2.46. The van der Waals surface area contributed by atoms with Crippen LogP contribution in [0.15, 0.2) is 42.5 Å². The van der Waals surface area contributed by atoms with E-state index in [1.807, 2.05) is 32.0 Å². The Morgan fingerprint density at radius 2 is 1.70 bits per heavy atom. The predicted octanol–water partition coefficient (Wildman–Crippen LogP) is 2.81. The number of aryl methyl sites for hydroxylation is 2. The smallest absolute Gasteiger partial charge is 0.265 e. The summed E-state index contributed by atoms with van der Waals surface area (Å²) in [5, 5.41) is 2.68. The minimum atomic E-state index is -0.711. The third-order valence-electron chi connectivity index (χ3n) is 3.33. The van der Waals surface area contributed by atoms with Crippen LogP contribution < -0.4 is 15.8 Å². The normalized spacial score (nSPS) is 11.6. The number of hydrogen-bond acceptors (Lipinski definition) is 3. The number of carbonyl (C=O) groups excluding carboxylic acids is 2. The first-order valence-corrected chi connectivity index (χ1v) is 7.31. The summed E-state index contributed by atoms with van der Waals surface area (Å²) < 4.78 is 5.68. The van der Waals surface area contributed by atoms with Crippen LogP contribution in [0.3, 0.4) is 0 Å². The molecule has 0 aliphatic carbocycles. The number of benzene rings is 2. The van der Waals surface area contributed by atoms with Gasteiger partial charge in [0.2, 0.25) is 0 Å². The minimum absolute atomic E-state index is 0.263. The molecule has 5 nitrogen and oxygen atoms in total. The molecule has 0 radical (unpaired) electrons. The molecule has 23 heavy (non-hydrogen) atoms. The number of amides is 2. The molecule has 0 saturated carbocycles. The largest absolute Gasteiger partial charge is 0.481 e. The molecule has 3 N–H and O–H groups in total. The van der Waals surface area contributed by atoms with E-state index in [0.717, 1.165) is 11.1 Å². The van der Waals surface area contributed by atoms with Gasteiger partial charge in [0.25, 0.3) is 11.8 Å². The molecule has 0 aliphatic heterocycles. The fourth-order valence-corrected chi connectivity index (χ4v) is 2.30. The number of primary amides is 1. The van der Waals surface area contributed by atoms with Gasteiger partial charge in [0.1, 0.15) is 5.75 Å². The highest BCUT2D eigenvalue weighted by Crippen LogP contribution is 2.19. The van der Waals surface area contributed by atoms with Gasteiger partial charge in [-0.15, -0.1) is 0 Å². The number of para-hydroxylation sites is 1. The number of hydrogen-bond donors (Lipinski definition) is 2. The van der Waals surface area contributed by atoms with Gasteiger partial charge in [-0.05, 0) is 56.2 Å². The van der Waals surface area contributed by atoms with Crippen molar-refractivity contribution in [3.63, 3.8) is 0 Å². The maximum absolute atomic E-state index is 12.3. The van der Waals surface area contributed by atoms with Crippen molar-refractivity contribution in [2.24, 2.45) is 5.73 Å². The molecule has 2 aromatic rings. The molecule has 0 aromatic heterocycles. The van der Waals surface area contributed by atoms with Crippen LogP contribution in [0.5, 0.6) is 5.75 Å².